The minimum absolute atomic E-state index is 0.171. The first-order valence-corrected chi connectivity index (χ1v) is 13.6. The summed E-state index contributed by atoms with van der Waals surface area (Å²) >= 11 is 1.12. The lowest BCUT2D eigenvalue weighted by molar-refractivity contribution is -0.122. The van der Waals surface area contributed by atoms with E-state index in [2.05, 4.69) is 6.08 Å². The third-order valence-corrected chi connectivity index (χ3v) is 9.25. The van der Waals surface area contributed by atoms with Crippen LogP contribution in [0.25, 0.3) is 0 Å². The maximum Gasteiger partial charge on any atom is 0.253 e. The molecule has 1 fully saturated rings. The molecule has 0 bridgehead atoms. The first-order valence-electron chi connectivity index (χ1n) is 11.2. The first-order chi connectivity index (χ1) is 15.9. The molecule has 1 aromatic carbocycles. The summed E-state index contributed by atoms with van der Waals surface area (Å²) in [7, 11) is -3.91. The molecule has 1 aliphatic heterocycles. The highest BCUT2D eigenvalue weighted by Gasteiger charge is 2.47. The maximum absolute atomic E-state index is 13.5. The van der Waals surface area contributed by atoms with E-state index in [1.165, 1.54) is 9.88 Å². The number of benzene rings is 1. The minimum atomic E-state index is -3.91. The van der Waals surface area contributed by atoms with Crippen LogP contribution in [-0.2, 0) is 19.6 Å². The molecule has 9 heteroatoms. The zero-order valence-electron chi connectivity index (χ0n) is 18.6. The van der Waals surface area contributed by atoms with Crippen molar-refractivity contribution in [2.24, 2.45) is 0 Å². The summed E-state index contributed by atoms with van der Waals surface area (Å²) in [6.45, 7) is 2.56. The van der Waals surface area contributed by atoms with E-state index in [1.54, 1.807) is 41.8 Å². The van der Waals surface area contributed by atoms with Gasteiger partial charge in [-0.3, -0.25) is 9.59 Å². The Balaban J connectivity index is 1.61. The Morgan fingerprint density at radius 3 is 2.58 bits per heavy atom. The van der Waals surface area contributed by atoms with E-state index in [1.807, 2.05) is 6.92 Å². The zero-order valence-corrected chi connectivity index (χ0v) is 20.2. The highest BCUT2D eigenvalue weighted by molar-refractivity contribution is 7.91. The van der Waals surface area contributed by atoms with Gasteiger partial charge in [0.15, 0.2) is 0 Å². The van der Waals surface area contributed by atoms with Crippen LogP contribution in [0.3, 0.4) is 0 Å². The number of carbonyl (C=O) groups is 2. The Labute approximate surface area is 198 Å². The van der Waals surface area contributed by atoms with Gasteiger partial charge in [-0.2, -0.15) is 4.31 Å². The third kappa shape index (κ3) is 5.05. The Morgan fingerprint density at radius 2 is 1.94 bits per heavy atom. The number of hydrogen-bond donors (Lipinski definition) is 0. The maximum atomic E-state index is 13.5. The van der Waals surface area contributed by atoms with Gasteiger partial charge >= 0.3 is 0 Å². The van der Waals surface area contributed by atoms with Crippen molar-refractivity contribution in [1.82, 2.24) is 4.31 Å². The molecule has 2 amide bonds. The molecule has 1 saturated heterocycles. The predicted octanol–water partition coefficient (Wildman–Crippen LogP) is 4.36. The number of amides is 2. The number of thiophene rings is 1. The standard InChI is InChI=1S/C24H28N2O5S2/c1-2-31-20-12-10-19(11-13-20)26-22(27)17-21(24(26)28)25(15-14-18-7-4-3-5-8-18)33(29,30)23-9-6-16-32-23/h6-7,9-13,16,21H,2-5,8,14-15,17H2,1H3. The zero-order chi connectivity index (χ0) is 23.4. The Morgan fingerprint density at radius 1 is 1.15 bits per heavy atom. The van der Waals surface area contributed by atoms with Gasteiger partial charge in [0.1, 0.15) is 16.0 Å². The van der Waals surface area contributed by atoms with E-state index >= 15 is 0 Å². The van der Waals surface area contributed by atoms with Crippen LogP contribution in [0.5, 0.6) is 5.75 Å². The molecule has 176 valence electrons. The molecule has 1 aliphatic carbocycles. The second kappa shape index (κ2) is 10.2. The molecule has 7 nitrogen and oxygen atoms in total. The van der Waals surface area contributed by atoms with Crippen molar-refractivity contribution < 1.29 is 22.7 Å². The summed E-state index contributed by atoms with van der Waals surface area (Å²) in [5, 5.41) is 1.70. The predicted molar refractivity (Wildman–Crippen MR) is 128 cm³/mol. The van der Waals surface area contributed by atoms with Crippen LogP contribution in [0.15, 0.2) is 57.6 Å². The lowest BCUT2D eigenvalue weighted by atomic mass is 9.97. The SMILES string of the molecule is CCOc1ccc(N2C(=O)CC(N(CCC3=CCCCC3)S(=O)(=O)c3cccs3)C2=O)cc1. The Bertz CT molecular complexity index is 1120. The third-order valence-electron chi connectivity index (χ3n) is 5.97. The summed E-state index contributed by atoms with van der Waals surface area (Å²) in [5.41, 5.74) is 1.63. The van der Waals surface area contributed by atoms with Crippen molar-refractivity contribution in [2.45, 2.75) is 55.7 Å². The number of allylic oxidation sites excluding steroid dienone is 1. The van der Waals surface area contributed by atoms with Gasteiger partial charge in [0.05, 0.1) is 18.7 Å². The van der Waals surface area contributed by atoms with Gasteiger partial charge in [-0.15, -0.1) is 11.3 Å². The number of hydrogen-bond acceptors (Lipinski definition) is 6. The van der Waals surface area contributed by atoms with Gasteiger partial charge in [-0.1, -0.05) is 17.7 Å². The minimum Gasteiger partial charge on any atom is -0.494 e. The second-order valence-corrected chi connectivity index (χ2v) is 11.2. The molecule has 1 aromatic heterocycles. The molecule has 0 N–H and O–H groups in total. The molecule has 4 rings (SSSR count). The molecule has 0 saturated carbocycles. The summed E-state index contributed by atoms with van der Waals surface area (Å²) in [6.07, 6.45) is 6.75. The van der Waals surface area contributed by atoms with E-state index in [9.17, 15) is 18.0 Å². The highest BCUT2D eigenvalue weighted by atomic mass is 32.2. The Kier molecular flexibility index (Phi) is 7.31. The fraction of sp³-hybridized carbons (Fsp3) is 0.417. The summed E-state index contributed by atoms with van der Waals surface area (Å²) in [5.74, 6) is -0.279. The van der Waals surface area contributed by atoms with Gasteiger partial charge in [0.2, 0.25) is 5.91 Å². The molecule has 2 aliphatic rings. The van der Waals surface area contributed by atoms with Crippen LogP contribution in [0.1, 0.15) is 45.4 Å². The van der Waals surface area contributed by atoms with Crippen molar-refractivity contribution in [3.63, 3.8) is 0 Å². The number of anilines is 1. The summed E-state index contributed by atoms with van der Waals surface area (Å²) in [4.78, 5) is 27.4. The van der Waals surface area contributed by atoms with Gasteiger partial charge in [0.25, 0.3) is 15.9 Å². The molecule has 2 heterocycles. The largest absolute Gasteiger partial charge is 0.494 e. The van der Waals surface area contributed by atoms with Crippen molar-refractivity contribution in [2.75, 3.05) is 18.1 Å². The lowest BCUT2D eigenvalue weighted by Gasteiger charge is -2.27. The Hall–Kier alpha value is -2.49. The van der Waals surface area contributed by atoms with Crippen LogP contribution in [0, 0.1) is 0 Å². The number of sulfonamides is 1. The van der Waals surface area contributed by atoms with Crippen LogP contribution in [0.2, 0.25) is 0 Å². The fourth-order valence-electron chi connectivity index (χ4n) is 4.33. The molecule has 1 unspecified atom stereocenters. The molecule has 1 atom stereocenters. The van der Waals surface area contributed by atoms with Crippen molar-refractivity contribution >= 4 is 38.9 Å². The number of imide groups is 1. The number of nitrogens with zero attached hydrogens (tertiary/aromatic N) is 2. The van der Waals surface area contributed by atoms with Crippen LogP contribution >= 0.6 is 11.3 Å². The van der Waals surface area contributed by atoms with E-state index in [4.69, 9.17) is 4.74 Å². The molecule has 2 aromatic rings. The monoisotopic (exact) mass is 488 g/mol. The number of rotatable bonds is 9. The number of carbonyl (C=O) groups excluding carboxylic acids is 2. The van der Waals surface area contributed by atoms with Gasteiger partial charge in [-0.25, -0.2) is 13.3 Å². The van der Waals surface area contributed by atoms with Gasteiger partial charge in [0, 0.05) is 6.54 Å². The van der Waals surface area contributed by atoms with E-state index in [0.717, 1.165) is 41.9 Å². The van der Waals surface area contributed by atoms with E-state index in [0.29, 0.717) is 24.5 Å². The smallest absolute Gasteiger partial charge is 0.253 e. The lowest BCUT2D eigenvalue weighted by Crippen LogP contribution is -2.45. The van der Waals surface area contributed by atoms with Gasteiger partial charge in [-0.05, 0) is 74.7 Å². The topological polar surface area (TPSA) is 84.0 Å². The normalized spacial score (nSPS) is 19.3. The summed E-state index contributed by atoms with van der Waals surface area (Å²) in [6, 6.07) is 8.85. The van der Waals surface area contributed by atoms with Crippen LogP contribution in [-0.4, -0.2) is 43.7 Å². The average Bonchev–Trinajstić information content (AvgIpc) is 3.45. The van der Waals surface area contributed by atoms with Crippen molar-refractivity contribution in [3.8, 4) is 5.75 Å². The van der Waals surface area contributed by atoms with E-state index in [-0.39, 0.29) is 17.2 Å². The molecule has 0 spiro atoms. The first kappa shape index (κ1) is 23.7. The van der Waals surface area contributed by atoms with E-state index < -0.39 is 27.9 Å². The van der Waals surface area contributed by atoms with Crippen molar-refractivity contribution in [3.05, 3.63) is 53.4 Å². The molecule has 33 heavy (non-hydrogen) atoms. The fourth-order valence-corrected chi connectivity index (χ4v) is 7.03. The summed E-state index contributed by atoms with van der Waals surface area (Å²) < 4.78 is 33.8. The van der Waals surface area contributed by atoms with Crippen LogP contribution in [0.4, 0.5) is 5.69 Å². The average molecular weight is 489 g/mol. The highest BCUT2D eigenvalue weighted by Crippen LogP contribution is 2.32. The molecule has 0 radical (unpaired) electrons. The molecular formula is C24H28N2O5S2. The quantitative estimate of drug-likeness (QED) is 0.387. The second-order valence-electron chi connectivity index (χ2n) is 8.12. The number of ether oxygens (including phenoxy) is 1. The van der Waals surface area contributed by atoms with Gasteiger partial charge < -0.3 is 4.74 Å². The van der Waals surface area contributed by atoms with Crippen LogP contribution < -0.4 is 9.64 Å². The van der Waals surface area contributed by atoms with Crippen molar-refractivity contribution in [1.29, 1.82) is 0 Å². The molecular weight excluding hydrogens is 460 g/mol.